The molecule has 3 atom stereocenters. The Balaban J connectivity index is 1.13. The minimum atomic E-state index is 0.464. The van der Waals surface area contributed by atoms with Crippen molar-refractivity contribution in [3.63, 3.8) is 0 Å². The van der Waals surface area contributed by atoms with Crippen LogP contribution in [0.5, 0.6) is 0 Å². The fraction of sp³-hybridized carbons (Fsp3) is 0.619. The number of allylic oxidation sites excluding steroid dienone is 4. The van der Waals surface area contributed by atoms with Crippen molar-refractivity contribution in [2.24, 2.45) is 29.6 Å². The highest BCUT2D eigenvalue weighted by Crippen LogP contribution is 2.60. The molecule has 5 fully saturated rings. The summed E-state index contributed by atoms with van der Waals surface area (Å²) >= 11 is 0. The average molecular weight is 574 g/mol. The maximum atomic E-state index is 2.62. The third kappa shape index (κ3) is 5.36. The lowest BCUT2D eigenvalue weighted by Gasteiger charge is -2.57. The second-order valence-corrected chi connectivity index (χ2v) is 16.0. The molecule has 5 saturated carbocycles. The number of anilines is 2. The van der Waals surface area contributed by atoms with Crippen LogP contribution in [-0.2, 0) is 5.41 Å². The molecule has 6 aliphatic rings. The van der Waals surface area contributed by atoms with Crippen LogP contribution >= 0.6 is 0 Å². The Morgan fingerprint density at radius 2 is 1.19 bits per heavy atom. The second-order valence-electron chi connectivity index (χ2n) is 16.0. The van der Waals surface area contributed by atoms with Gasteiger partial charge in [-0.25, -0.2) is 0 Å². The van der Waals surface area contributed by atoms with E-state index >= 15 is 0 Å². The summed E-state index contributed by atoms with van der Waals surface area (Å²) in [5.74, 6) is 5.08. The molecule has 3 bridgehead atoms. The SMILES string of the molecule is CC1CC(N(c2ccc(C3CCCCC3)cc2)c2ccc(C34CC5CCC3CCC(C5)C4)cc2)=CC=C1C1CCCCC1. The number of hydrogen-bond acceptors (Lipinski definition) is 1. The molecule has 0 amide bonds. The molecule has 1 heteroatoms. The van der Waals surface area contributed by atoms with Crippen LogP contribution in [-0.4, -0.2) is 0 Å². The third-order valence-corrected chi connectivity index (χ3v) is 13.4. The molecule has 0 spiro atoms. The van der Waals surface area contributed by atoms with Gasteiger partial charge in [0.25, 0.3) is 0 Å². The van der Waals surface area contributed by atoms with Crippen molar-refractivity contribution in [3.05, 3.63) is 83.1 Å². The van der Waals surface area contributed by atoms with Crippen LogP contribution < -0.4 is 4.90 Å². The molecule has 0 aromatic heterocycles. The summed E-state index contributed by atoms with van der Waals surface area (Å²) in [6, 6.07) is 19.9. The van der Waals surface area contributed by atoms with Gasteiger partial charge in [0.15, 0.2) is 0 Å². The van der Waals surface area contributed by atoms with Gasteiger partial charge >= 0.3 is 0 Å². The standard InChI is InChI=1S/C42H55N/c1-30-26-40(24-25-41(30)35-10-6-3-7-11-35)43(38-20-14-34(15-21-38)33-8-4-2-5-9-33)39-22-18-37(19-23-39)42-28-31-12-16-36(42)17-13-32(27-31)29-42/h14-15,18-25,30-33,35-36H,2-13,16-17,26-29H2,1H3. The van der Waals surface area contributed by atoms with Crippen LogP contribution in [0.25, 0.3) is 0 Å². The number of rotatable bonds is 6. The Morgan fingerprint density at radius 1 is 0.605 bits per heavy atom. The molecule has 1 nitrogen and oxygen atoms in total. The lowest BCUT2D eigenvalue weighted by Crippen LogP contribution is -2.49. The maximum Gasteiger partial charge on any atom is 0.0458 e. The van der Waals surface area contributed by atoms with E-state index in [4.69, 9.17) is 0 Å². The van der Waals surface area contributed by atoms with E-state index in [1.165, 1.54) is 126 Å². The van der Waals surface area contributed by atoms with E-state index in [0.717, 1.165) is 36.0 Å². The highest BCUT2D eigenvalue weighted by molar-refractivity contribution is 5.70. The van der Waals surface area contributed by atoms with Gasteiger partial charge in [-0.1, -0.05) is 94.2 Å². The van der Waals surface area contributed by atoms with Gasteiger partial charge < -0.3 is 4.90 Å². The summed E-state index contributed by atoms with van der Waals surface area (Å²) in [6.07, 6.45) is 30.6. The largest absolute Gasteiger partial charge is 0.314 e. The van der Waals surface area contributed by atoms with E-state index in [1.54, 1.807) is 16.7 Å². The molecule has 228 valence electrons. The summed E-state index contributed by atoms with van der Waals surface area (Å²) in [4.78, 5) is 2.62. The van der Waals surface area contributed by atoms with Gasteiger partial charge in [-0.05, 0) is 147 Å². The van der Waals surface area contributed by atoms with Crippen LogP contribution in [0.4, 0.5) is 11.4 Å². The Bertz CT molecular complexity index is 1300. The number of hydrogen-bond donors (Lipinski definition) is 0. The van der Waals surface area contributed by atoms with Gasteiger partial charge in [0.05, 0.1) is 0 Å². The number of fused-ring (bicyclic) bond motifs is 2. The first-order chi connectivity index (χ1) is 21.2. The molecule has 3 unspecified atom stereocenters. The molecule has 0 radical (unpaired) electrons. The molecular formula is C42H55N. The zero-order chi connectivity index (χ0) is 28.8. The first-order valence-electron chi connectivity index (χ1n) is 18.6. The van der Waals surface area contributed by atoms with Crippen LogP contribution in [0.2, 0.25) is 0 Å². The minimum Gasteiger partial charge on any atom is -0.314 e. The molecular weight excluding hydrogens is 518 g/mol. The second kappa shape index (κ2) is 11.9. The summed E-state index contributed by atoms with van der Waals surface area (Å²) < 4.78 is 0. The Kier molecular flexibility index (Phi) is 7.81. The highest BCUT2D eigenvalue weighted by atomic mass is 15.1. The summed E-state index contributed by atoms with van der Waals surface area (Å²) in [7, 11) is 0. The minimum absolute atomic E-state index is 0.464. The molecule has 0 aliphatic heterocycles. The lowest BCUT2D eigenvalue weighted by atomic mass is 9.47. The summed E-state index contributed by atoms with van der Waals surface area (Å²) in [5.41, 5.74) is 9.57. The van der Waals surface area contributed by atoms with E-state index in [1.807, 2.05) is 0 Å². The van der Waals surface area contributed by atoms with Gasteiger partial charge in [-0.15, -0.1) is 0 Å². The van der Waals surface area contributed by atoms with Gasteiger partial charge in [-0.3, -0.25) is 0 Å². The molecule has 8 rings (SSSR count). The fourth-order valence-electron chi connectivity index (χ4n) is 11.3. The molecule has 43 heavy (non-hydrogen) atoms. The van der Waals surface area contributed by atoms with Crippen molar-refractivity contribution in [3.8, 4) is 0 Å². The smallest absolute Gasteiger partial charge is 0.0458 e. The zero-order valence-corrected chi connectivity index (χ0v) is 26.9. The Labute approximate surface area is 262 Å². The number of benzene rings is 2. The van der Waals surface area contributed by atoms with Crippen LogP contribution in [0.1, 0.15) is 140 Å². The van der Waals surface area contributed by atoms with Gasteiger partial charge in [0, 0.05) is 17.1 Å². The third-order valence-electron chi connectivity index (χ3n) is 13.4. The molecule has 2 aromatic carbocycles. The maximum absolute atomic E-state index is 2.62. The monoisotopic (exact) mass is 573 g/mol. The lowest BCUT2D eigenvalue weighted by molar-refractivity contribution is 0.000451. The quantitative estimate of drug-likeness (QED) is 0.332. The van der Waals surface area contributed by atoms with Gasteiger partial charge in [0.1, 0.15) is 0 Å². The molecule has 0 heterocycles. The molecule has 0 saturated heterocycles. The zero-order valence-electron chi connectivity index (χ0n) is 26.9. The molecule has 6 aliphatic carbocycles. The van der Waals surface area contributed by atoms with Crippen LogP contribution in [0.15, 0.2) is 72.0 Å². The van der Waals surface area contributed by atoms with E-state index in [9.17, 15) is 0 Å². The van der Waals surface area contributed by atoms with Gasteiger partial charge in [0.2, 0.25) is 0 Å². The van der Waals surface area contributed by atoms with E-state index in [0.29, 0.717) is 11.3 Å². The van der Waals surface area contributed by atoms with Crippen molar-refractivity contribution in [2.75, 3.05) is 4.90 Å². The first kappa shape index (κ1) is 28.2. The predicted octanol–water partition coefficient (Wildman–Crippen LogP) is 12.2. The first-order valence-corrected chi connectivity index (χ1v) is 18.6. The Morgan fingerprint density at radius 3 is 1.79 bits per heavy atom. The van der Waals surface area contributed by atoms with Gasteiger partial charge in [-0.2, -0.15) is 0 Å². The van der Waals surface area contributed by atoms with Crippen LogP contribution in [0.3, 0.4) is 0 Å². The highest BCUT2D eigenvalue weighted by Gasteiger charge is 2.52. The van der Waals surface area contributed by atoms with Crippen molar-refractivity contribution in [1.29, 1.82) is 0 Å². The van der Waals surface area contributed by atoms with E-state index in [-0.39, 0.29) is 0 Å². The predicted molar refractivity (Wildman–Crippen MR) is 182 cm³/mol. The Hall–Kier alpha value is -2.28. The summed E-state index contributed by atoms with van der Waals surface area (Å²) in [5, 5.41) is 0. The van der Waals surface area contributed by atoms with Crippen LogP contribution in [0, 0.1) is 29.6 Å². The van der Waals surface area contributed by atoms with E-state index in [2.05, 4.69) is 72.5 Å². The van der Waals surface area contributed by atoms with E-state index < -0.39 is 0 Å². The fourth-order valence-corrected chi connectivity index (χ4v) is 11.3. The van der Waals surface area contributed by atoms with Crippen molar-refractivity contribution in [1.82, 2.24) is 0 Å². The molecule has 2 aromatic rings. The molecule has 0 N–H and O–H groups in total. The van der Waals surface area contributed by atoms with Crippen molar-refractivity contribution in [2.45, 2.75) is 134 Å². The average Bonchev–Trinajstić information content (AvgIpc) is 3.05. The number of nitrogens with zero attached hydrogens (tertiary/aromatic N) is 1. The summed E-state index contributed by atoms with van der Waals surface area (Å²) in [6.45, 7) is 2.50. The van der Waals surface area contributed by atoms with Crippen molar-refractivity contribution < 1.29 is 0 Å². The topological polar surface area (TPSA) is 3.24 Å². The normalized spacial score (nSPS) is 33.1. The van der Waals surface area contributed by atoms with Crippen molar-refractivity contribution >= 4 is 11.4 Å².